The van der Waals surface area contributed by atoms with Gasteiger partial charge >= 0.3 is 0 Å². The molecule has 1 aliphatic heterocycles. The van der Waals surface area contributed by atoms with Gasteiger partial charge in [0.2, 0.25) is 0 Å². The van der Waals surface area contributed by atoms with Crippen molar-refractivity contribution in [2.45, 2.75) is 43.8 Å². The second kappa shape index (κ2) is 4.35. The summed E-state index contributed by atoms with van der Waals surface area (Å²) in [7, 11) is 0. The van der Waals surface area contributed by atoms with Crippen LogP contribution in [0.5, 0.6) is 0 Å². The minimum Gasteiger partial charge on any atom is -0.381 e. The van der Waals surface area contributed by atoms with Crippen LogP contribution in [0.4, 0.5) is 0 Å². The number of hydrogen-bond donors (Lipinski definition) is 0. The summed E-state index contributed by atoms with van der Waals surface area (Å²) in [6.07, 6.45) is 5.71. The molecule has 0 unspecified atom stereocenters. The first kappa shape index (κ1) is 11.3. The van der Waals surface area contributed by atoms with Crippen molar-refractivity contribution in [1.82, 2.24) is 0 Å². The van der Waals surface area contributed by atoms with Crippen LogP contribution in [0, 0.1) is 16.7 Å². The molecule has 3 heteroatoms. The SMILES string of the molecule is CCCSC1(C#N)CC2(CCOCC2)C1. The molecule has 0 atom stereocenters. The quantitative estimate of drug-likeness (QED) is 0.740. The van der Waals surface area contributed by atoms with E-state index in [0.717, 1.165) is 31.8 Å². The molecule has 0 aromatic rings. The maximum Gasteiger partial charge on any atom is 0.103 e. The van der Waals surface area contributed by atoms with Crippen LogP contribution >= 0.6 is 11.8 Å². The maximum absolute atomic E-state index is 9.28. The Labute approximate surface area is 96.4 Å². The summed E-state index contributed by atoms with van der Waals surface area (Å²) in [5.41, 5.74) is 0.467. The van der Waals surface area contributed by atoms with E-state index in [1.54, 1.807) is 0 Å². The van der Waals surface area contributed by atoms with Gasteiger partial charge in [-0.15, -0.1) is 11.8 Å². The summed E-state index contributed by atoms with van der Waals surface area (Å²) < 4.78 is 5.35. The topological polar surface area (TPSA) is 33.0 Å². The second-order valence-corrected chi connectivity index (χ2v) is 6.40. The molecule has 2 aliphatic rings. The highest BCUT2D eigenvalue weighted by atomic mass is 32.2. The summed E-state index contributed by atoms with van der Waals surface area (Å²) in [6.45, 7) is 3.99. The number of rotatable bonds is 3. The van der Waals surface area contributed by atoms with Gasteiger partial charge in [-0.1, -0.05) is 6.92 Å². The Hall–Kier alpha value is -0.200. The molecule has 1 spiro atoms. The molecule has 1 aliphatic carbocycles. The Morgan fingerprint density at radius 1 is 1.33 bits per heavy atom. The summed E-state index contributed by atoms with van der Waals surface area (Å²) in [4.78, 5) is 0. The van der Waals surface area contributed by atoms with Crippen molar-refractivity contribution in [3.63, 3.8) is 0 Å². The summed E-state index contributed by atoms with van der Waals surface area (Å²) >= 11 is 1.88. The fourth-order valence-corrected chi connectivity index (χ4v) is 4.30. The molecule has 1 saturated heterocycles. The molecular formula is C12H19NOS. The zero-order valence-electron chi connectivity index (χ0n) is 9.42. The van der Waals surface area contributed by atoms with E-state index in [1.807, 2.05) is 11.8 Å². The Morgan fingerprint density at radius 2 is 2.00 bits per heavy atom. The minimum absolute atomic E-state index is 0.0483. The third-order valence-corrected chi connectivity index (χ3v) is 5.21. The van der Waals surface area contributed by atoms with Gasteiger partial charge < -0.3 is 4.74 Å². The van der Waals surface area contributed by atoms with E-state index in [4.69, 9.17) is 4.74 Å². The third kappa shape index (κ3) is 2.16. The molecule has 0 radical (unpaired) electrons. The zero-order valence-corrected chi connectivity index (χ0v) is 10.2. The van der Waals surface area contributed by atoms with Crippen molar-refractivity contribution in [2.75, 3.05) is 19.0 Å². The number of nitrogens with zero attached hydrogens (tertiary/aromatic N) is 1. The van der Waals surface area contributed by atoms with Crippen LogP contribution < -0.4 is 0 Å². The van der Waals surface area contributed by atoms with Crippen LogP contribution in [-0.2, 0) is 4.74 Å². The van der Waals surface area contributed by atoms with Gasteiger partial charge in [-0.05, 0) is 43.3 Å². The molecule has 0 N–H and O–H groups in total. The molecule has 84 valence electrons. The van der Waals surface area contributed by atoms with Gasteiger partial charge in [0, 0.05) is 13.2 Å². The van der Waals surface area contributed by atoms with Crippen molar-refractivity contribution in [1.29, 1.82) is 5.26 Å². The minimum atomic E-state index is -0.0483. The van der Waals surface area contributed by atoms with Crippen LogP contribution in [0.2, 0.25) is 0 Å². The Kier molecular flexibility index (Phi) is 3.27. The molecule has 15 heavy (non-hydrogen) atoms. The molecule has 2 nitrogen and oxygen atoms in total. The van der Waals surface area contributed by atoms with Gasteiger partial charge in [0.1, 0.15) is 4.75 Å². The lowest BCUT2D eigenvalue weighted by Crippen LogP contribution is -2.51. The number of thioether (sulfide) groups is 1. The highest BCUT2D eigenvalue weighted by Gasteiger charge is 2.55. The molecule has 2 rings (SSSR count). The molecular weight excluding hydrogens is 206 g/mol. The number of ether oxygens (including phenoxy) is 1. The van der Waals surface area contributed by atoms with Crippen LogP contribution in [0.1, 0.15) is 39.0 Å². The lowest BCUT2D eigenvalue weighted by Gasteiger charge is -2.54. The predicted molar refractivity (Wildman–Crippen MR) is 62.8 cm³/mol. The van der Waals surface area contributed by atoms with Gasteiger partial charge in [-0.25, -0.2) is 0 Å². The van der Waals surface area contributed by atoms with E-state index in [9.17, 15) is 5.26 Å². The maximum atomic E-state index is 9.28. The van der Waals surface area contributed by atoms with Crippen molar-refractivity contribution in [3.8, 4) is 6.07 Å². The van der Waals surface area contributed by atoms with Crippen LogP contribution in [0.15, 0.2) is 0 Å². The van der Waals surface area contributed by atoms with Gasteiger partial charge in [0.25, 0.3) is 0 Å². The fourth-order valence-electron chi connectivity index (χ4n) is 2.83. The summed E-state index contributed by atoms with van der Waals surface area (Å²) in [5.74, 6) is 1.13. The summed E-state index contributed by atoms with van der Waals surface area (Å²) in [5, 5.41) is 9.28. The van der Waals surface area contributed by atoms with Crippen molar-refractivity contribution in [2.24, 2.45) is 5.41 Å². The van der Waals surface area contributed by atoms with Crippen molar-refractivity contribution in [3.05, 3.63) is 0 Å². The van der Waals surface area contributed by atoms with E-state index in [2.05, 4.69) is 13.0 Å². The standard InChI is InChI=1S/C12H19NOS/c1-2-7-15-12(10-13)8-11(9-12)3-5-14-6-4-11/h2-9H2,1H3. The van der Waals surface area contributed by atoms with E-state index < -0.39 is 0 Å². The lowest BCUT2D eigenvalue weighted by atomic mass is 9.58. The normalized spacial score (nSPS) is 26.9. The van der Waals surface area contributed by atoms with E-state index in [-0.39, 0.29) is 4.75 Å². The van der Waals surface area contributed by atoms with E-state index in [1.165, 1.54) is 19.3 Å². The average molecular weight is 225 g/mol. The van der Waals surface area contributed by atoms with Gasteiger partial charge in [0.05, 0.1) is 6.07 Å². The van der Waals surface area contributed by atoms with Crippen molar-refractivity contribution < 1.29 is 4.74 Å². The Balaban J connectivity index is 1.90. The molecule has 0 aromatic heterocycles. The van der Waals surface area contributed by atoms with Crippen molar-refractivity contribution >= 4 is 11.8 Å². The largest absolute Gasteiger partial charge is 0.381 e. The fraction of sp³-hybridized carbons (Fsp3) is 0.917. The van der Waals surface area contributed by atoms with E-state index >= 15 is 0 Å². The van der Waals surface area contributed by atoms with Crippen LogP contribution in [-0.4, -0.2) is 23.7 Å². The Morgan fingerprint density at radius 3 is 2.53 bits per heavy atom. The van der Waals surface area contributed by atoms with E-state index in [0.29, 0.717) is 5.41 Å². The number of nitriles is 1. The molecule has 1 saturated carbocycles. The monoisotopic (exact) mass is 225 g/mol. The number of hydrogen-bond acceptors (Lipinski definition) is 3. The van der Waals surface area contributed by atoms with Gasteiger partial charge in [0.15, 0.2) is 0 Å². The average Bonchev–Trinajstić information content (AvgIpc) is 2.24. The predicted octanol–water partition coefficient (Wildman–Crippen LogP) is 2.98. The Bertz CT molecular complexity index is 257. The molecule has 0 bridgehead atoms. The summed E-state index contributed by atoms with van der Waals surface area (Å²) in [6, 6.07) is 2.54. The smallest absolute Gasteiger partial charge is 0.103 e. The second-order valence-electron chi connectivity index (χ2n) is 4.92. The highest BCUT2D eigenvalue weighted by Crippen LogP contribution is 2.59. The van der Waals surface area contributed by atoms with Gasteiger partial charge in [-0.2, -0.15) is 5.26 Å². The first-order valence-corrected chi connectivity index (χ1v) is 6.86. The van der Waals surface area contributed by atoms with Crippen LogP contribution in [0.3, 0.4) is 0 Å². The van der Waals surface area contributed by atoms with Crippen LogP contribution in [0.25, 0.3) is 0 Å². The molecule has 0 amide bonds. The molecule has 1 heterocycles. The third-order valence-electron chi connectivity index (χ3n) is 3.66. The molecule has 0 aromatic carbocycles. The highest BCUT2D eigenvalue weighted by molar-refractivity contribution is 8.00. The molecule has 2 fully saturated rings. The zero-order chi connectivity index (χ0) is 10.8. The first-order chi connectivity index (χ1) is 7.24. The first-order valence-electron chi connectivity index (χ1n) is 5.87. The lowest BCUT2D eigenvalue weighted by molar-refractivity contribution is -0.0364. The van der Waals surface area contributed by atoms with Gasteiger partial charge in [-0.3, -0.25) is 0 Å².